The SMILES string of the molecule is CC(CC#N)N(C)C(=O)c1ccc(OC(F)(F)F)c(N)c1. The lowest BCUT2D eigenvalue weighted by Crippen LogP contribution is -2.34. The van der Waals surface area contributed by atoms with Crippen molar-refractivity contribution in [1.29, 1.82) is 5.26 Å². The molecule has 0 aliphatic heterocycles. The number of benzene rings is 1. The van der Waals surface area contributed by atoms with Gasteiger partial charge in [0.25, 0.3) is 5.91 Å². The number of nitrogen functional groups attached to an aromatic ring is 1. The van der Waals surface area contributed by atoms with Gasteiger partial charge in [-0.25, -0.2) is 0 Å². The summed E-state index contributed by atoms with van der Waals surface area (Å²) < 4.78 is 40.1. The fraction of sp³-hybridized carbons (Fsp3) is 0.385. The predicted octanol–water partition coefficient (Wildman–Crippen LogP) is 2.54. The van der Waals surface area contributed by atoms with E-state index in [1.54, 1.807) is 6.92 Å². The van der Waals surface area contributed by atoms with Crippen molar-refractivity contribution in [3.8, 4) is 11.8 Å². The number of nitrogens with two attached hydrogens (primary N) is 1. The third kappa shape index (κ3) is 4.56. The average molecular weight is 301 g/mol. The van der Waals surface area contributed by atoms with Crippen LogP contribution in [-0.4, -0.2) is 30.3 Å². The number of alkyl halides is 3. The van der Waals surface area contributed by atoms with Crippen molar-refractivity contribution in [3.63, 3.8) is 0 Å². The van der Waals surface area contributed by atoms with Crippen LogP contribution < -0.4 is 10.5 Å². The molecule has 21 heavy (non-hydrogen) atoms. The minimum absolute atomic E-state index is 0.120. The van der Waals surface area contributed by atoms with Crippen molar-refractivity contribution >= 4 is 11.6 Å². The molecule has 0 aromatic heterocycles. The lowest BCUT2D eigenvalue weighted by Gasteiger charge is -2.23. The van der Waals surface area contributed by atoms with Crippen LogP contribution >= 0.6 is 0 Å². The van der Waals surface area contributed by atoms with Crippen molar-refractivity contribution < 1.29 is 22.7 Å². The Bertz CT molecular complexity index is 567. The highest BCUT2D eigenvalue weighted by Gasteiger charge is 2.32. The lowest BCUT2D eigenvalue weighted by molar-refractivity contribution is -0.274. The van der Waals surface area contributed by atoms with Gasteiger partial charge in [-0.1, -0.05) is 0 Å². The standard InChI is InChI=1S/C13H14F3N3O2/c1-8(5-6-17)19(2)12(20)9-3-4-11(10(18)7-9)21-13(14,15)16/h3-4,7-8H,5,18H2,1-2H3. The molecule has 0 fully saturated rings. The zero-order valence-corrected chi connectivity index (χ0v) is 11.4. The van der Waals surface area contributed by atoms with Gasteiger partial charge in [-0.05, 0) is 25.1 Å². The fourth-order valence-corrected chi connectivity index (χ4v) is 1.57. The van der Waals surface area contributed by atoms with E-state index in [-0.39, 0.29) is 23.7 Å². The molecule has 1 unspecified atom stereocenters. The molecule has 0 bridgehead atoms. The number of carbonyl (C=O) groups excluding carboxylic acids is 1. The Labute approximate surface area is 119 Å². The molecule has 2 N–H and O–H groups in total. The summed E-state index contributed by atoms with van der Waals surface area (Å²) in [4.78, 5) is 13.4. The molecule has 0 spiro atoms. The van der Waals surface area contributed by atoms with Crippen LogP contribution in [0.1, 0.15) is 23.7 Å². The van der Waals surface area contributed by atoms with Crippen molar-refractivity contribution in [2.24, 2.45) is 0 Å². The zero-order valence-electron chi connectivity index (χ0n) is 11.4. The fourth-order valence-electron chi connectivity index (χ4n) is 1.57. The van der Waals surface area contributed by atoms with Gasteiger partial charge in [0.2, 0.25) is 0 Å². The number of nitrogens with zero attached hydrogens (tertiary/aromatic N) is 2. The van der Waals surface area contributed by atoms with Crippen LogP contribution in [0.25, 0.3) is 0 Å². The molecule has 0 saturated carbocycles. The predicted molar refractivity (Wildman–Crippen MR) is 69.3 cm³/mol. The van der Waals surface area contributed by atoms with E-state index in [4.69, 9.17) is 11.0 Å². The maximum atomic E-state index is 12.1. The Kier molecular flexibility index (Phi) is 5.02. The van der Waals surface area contributed by atoms with E-state index in [9.17, 15) is 18.0 Å². The minimum Gasteiger partial charge on any atom is -0.404 e. The number of rotatable bonds is 4. The van der Waals surface area contributed by atoms with E-state index < -0.39 is 18.0 Å². The topological polar surface area (TPSA) is 79.3 Å². The number of anilines is 1. The maximum Gasteiger partial charge on any atom is 0.573 e. The third-order valence-corrected chi connectivity index (χ3v) is 2.85. The van der Waals surface area contributed by atoms with Gasteiger partial charge in [-0.2, -0.15) is 5.26 Å². The van der Waals surface area contributed by atoms with E-state index in [0.29, 0.717) is 0 Å². The summed E-state index contributed by atoms with van der Waals surface area (Å²) in [5, 5.41) is 8.60. The first kappa shape index (κ1) is 16.6. The monoisotopic (exact) mass is 301 g/mol. The van der Waals surface area contributed by atoms with Crippen LogP contribution in [-0.2, 0) is 0 Å². The van der Waals surface area contributed by atoms with Crippen LogP contribution in [0.15, 0.2) is 18.2 Å². The lowest BCUT2D eigenvalue weighted by atomic mass is 10.1. The summed E-state index contributed by atoms with van der Waals surface area (Å²) in [6.07, 6.45) is -4.70. The van der Waals surface area contributed by atoms with Gasteiger partial charge in [0, 0.05) is 18.7 Å². The second-order valence-electron chi connectivity index (χ2n) is 4.43. The quantitative estimate of drug-likeness (QED) is 0.867. The summed E-state index contributed by atoms with van der Waals surface area (Å²) in [7, 11) is 1.50. The van der Waals surface area contributed by atoms with Crippen LogP contribution in [0.3, 0.4) is 0 Å². The number of nitriles is 1. The number of hydrogen-bond acceptors (Lipinski definition) is 4. The zero-order chi connectivity index (χ0) is 16.2. The smallest absolute Gasteiger partial charge is 0.404 e. The summed E-state index contributed by atoms with van der Waals surface area (Å²) >= 11 is 0. The van der Waals surface area contributed by atoms with Gasteiger partial charge in [0.05, 0.1) is 18.2 Å². The highest BCUT2D eigenvalue weighted by Crippen LogP contribution is 2.29. The van der Waals surface area contributed by atoms with Crippen LogP contribution in [0.5, 0.6) is 5.75 Å². The molecule has 0 heterocycles. The molecule has 1 atom stereocenters. The van der Waals surface area contributed by atoms with Crippen molar-refractivity contribution in [2.45, 2.75) is 25.7 Å². The molecule has 1 aromatic rings. The van der Waals surface area contributed by atoms with Crippen LogP contribution in [0.4, 0.5) is 18.9 Å². The second-order valence-corrected chi connectivity index (χ2v) is 4.43. The first-order valence-electron chi connectivity index (χ1n) is 5.95. The Hall–Kier alpha value is -2.43. The molecular formula is C13H14F3N3O2. The molecule has 0 radical (unpaired) electrons. The molecular weight excluding hydrogens is 287 g/mol. The molecule has 5 nitrogen and oxygen atoms in total. The van der Waals surface area contributed by atoms with Gasteiger partial charge >= 0.3 is 6.36 Å². The molecule has 1 rings (SSSR count). The normalized spacial score (nSPS) is 12.4. The number of carbonyl (C=O) groups is 1. The number of halogens is 3. The van der Waals surface area contributed by atoms with Crippen molar-refractivity contribution in [2.75, 3.05) is 12.8 Å². The summed E-state index contributed by atoms with van der Waals surface area (Å²) in [6, 6.07) is 4.90. The van der Waals surface area contributed by atoms with Crippen molar-refractivity contribution in [1.82, 2.24) is 4.90 Å². The first-order valence-corrected chi connectivity index (χ1v) is 5.95. The van der Waals surface area contributed by atoms with E-state index in [1.807, 2.05) is 6.07 Å². The van der Waals surface area contributed by atoms with Crippen LogP contribution in [0, 0.1) is 11.3 Å². The first-order chi connectivity index (χ1) is 9.65. The second kappa shape index (κ2) is 6.35. The molecule has 1 amide bonds. The molecule has 0 saturated heterocycles. The molecule has 1 aromatic carbocycles. The van der Waals surface area contributed by atoms with Gasteiger partial charge in [-0.3, -0.25) is 4.79 Å². The summed E-state index contributed by atoms with van der Waals surface area (Å²) in [6.45, 7) is 1.69. The summed E-state index contributed by atoms with van der Waals surface area (Å²) in [5.41, 5.74) is 5.28. The third-order valence-electron chi connectivity index (χ3n) is 2.85. The van der Waals surface area contributed by atoms with E-state index in [1.165, 1.54) is 18.0 Å². The molecule has 0 aliphatic carbocycles. The van der Waals surface area contributed by atoms with Gasteiger partial charge in [-0.15, -0.1) is 13.2 Å². The van der Waals surface area contributed by atoms with E-state index >= 15 is 0 Å². The molecule has 0 aliphatic rings. The van der Waals surface area contributed by atoms with Crippen molar-refractivity contribution in [3.05, 3.63) is 23.8 Å². The Morgan fingerprint density at radius 3 is 2.62 bits per heavy atom. The highest BCUT2D eigenvalue weighted by atomic mass is 19.4. The molecule has 8 heteroatoms. The van der Waals surface area contributed by atoms with E-state index in [0.717, 1.165) is 12.1 Å². The Balaban J connectivity index is 2.93. The Morgan fingerprint density at radius 2 is 2.14 bits per heavy atom. The molecule has 114 valence electrons. The minimum atomic E-state index is -4.85. The summed E-state index contributed by atoms with van der Waals surface area (Å²) in [5.74, 6) is -1.00. The van der Waals surface area contributed by atoms with E-state index in [2.05, 4.69) is 4.74 Å². The number of ether oxygens (including phenoxy) is 1. The average Bonchev–Trinajstić information content (AvgIpc) is 2.38. The van der Waals surface area contributed by atoms with Gasteiger partial charge in [0.1, 0.15) is 0 Å². The largest absolute Gasteiger partial charge is 0.573 e. The van der Waals surface area contributed by atoms with Crippen LogP contribution in [0.2, 0.25) is 0 Å². The number of amides is 1. The van der Waals surface area contributed by atoms with Gasteiger partial charge in [0.15, 0.2) is 5.75 Å². The Morgan fingerprint density at radius 1 is 1.52 bits per heavy atom. The van der Waals surface area contributed by atoms with Gasteiger partial charge < -0.3 is 15.4 Å². The number of hydrogen-bond donors (Lipinski definition) is 1. The maximum absolute atomic E-state index is 12.1. The highest BCUT2D eigenvalue weighted by molar-refractivity contribution is 5.95.